The van der Waals surface area contributed by atoms with Crippen LogP contribution in [0.15, 0.2) is 29.2 Å². The summed E-state index contributed by atoms with van der Waals surface area (Å²) in [5.41, 5.74) is 1.63. The van der Waals surface area contributed by atoms with Crippen molar-refractivity contribution in [2.75, 3.05) is 30.0 Å². The van der Waals surface area contributed by atoms with E-state index in [1.165, 1.54) is 37.1 Å². The van der Waals surface area contributed by atoms with Crippen LogP contribution < -0.4 is 10.6 Å². The zero-order valence-electron chi connectivity index (χ0n) is 19.2. The van der Waals surface area contributed by atoms with Crippen LogP contribution in [0.3, 0.4) is 0 Å². The molecule has 0 saturated heterocycles. The summed E-state index contributed by atoms with van der Waals surface area (Å²) < 4.78 is 4.93. The van der Waals surface area contributed by atoms with Crippen molar-refractivity contribution >= 4 is 63.4 Å². The van der Waals surface area contributed by atoms with E-state index in [2.05, 4.69) is 10.6 Å². The number of carbonyl (C=O) groups excluding carboxylic acids is 4. The number of aliphatic carboxylic acids is 1. The summed E-state index contributed by atoms with van der Waals surface area (Å²) in [6.45, 7) is 2.38. The fourth-order valence-electron chi connectivity index (χ4n) is 3.50. The Hall–Kier alpha value is -3.38. The van der Waals surface area contributed by atoms with Crippen molar-refractivity contribution in [1.82, 2.24) is 4.90 Å². The second kappa shape index (κ2) is 11.8. The minimum Gasteiger partial charge on any atom is -0.481 e. The fourth-order valence-corrected chi connectivity index (χ4v) is 5.52. The summed E-state index contributed by atoms with van der Waals surface area (Å²) in [5, 5.41) is 14.5. The largest absolute Gasteiger partial charge is 0.481 e. The molecule has 35 heavy (non-hydrogen) atoms. The number of anilines is 2. The summed E-state index contributed by atoms with van der Waals surface area (Å²) >= 11 is 2.51. The lowest BCUT2D eigenvalue weighted by Gasteiger charge is -2.25. The molecule has 0 spiro atoms. The fraction of sp³-hybridized carbons (Fsp3) is 0.348. The van der Waals surface area contributed by atoms with Gasteiger partial charge in [-0.2, -0.15) is 0 Å². The van der Waals surface area contributed by atoms with Gasteiger partial charge in [-0.1, -0.05) is 6.07 Å². The molecule has 12 heteroatoms. The number of carboxylic acid groups (broad SMARTS) is 1. The van der Waals surface area contributed by atoms with Gasteiger partial charge in [0, 0.05) is 35.3 Å². The van der Waals surface area contributed by atoms with E-state index in [-0.39, 0.29) is 30.4 Å². The number of carbonyl (C=O) groups is 5. The molecular weight excluding hydrogens is 494 g/mol. The molecule has 0 aliphatic carbocycles. The molecule has 186 valence electrons. The van der Waals surface area contributed by atoms with Crippen LogP contribution in [0.2, 0.25) is 0 Å². The Morgan fingerprint density at radius 2 is 1.91 bits per heavy atom. The highest BCUT2D eigenvalue weighted by Crippen LogP contribution is 2.38. The van der Waals surface area contributed by atoms with Crippen molar-refractivity contribution in [3.63, 3.8) is 0 Å². The summed E-state index contributed by atoms with van der Waals surface area (Å²) in [6, 6.07) is 6.87. The predicted octanol–water partition coefficient (Wildman–Crippen LogP) is 2.97. The third-order valence-electron chi connectivity index (χ3n) is 5.20. The van der Waals surface area contributed by atoms with Crippen LogP contribution >= 0.6 is 23.1 Å². The molecule has 1 aromatic carbocycles. The summed E-state index contributed by atoms with van der Waals surface area (Å²) in [6.07, 6.45) is 0.116. The molecule has 0 fully saturated rings. The van der Waals surface area contributed by atoms with Gasteiger partial charge in [0.25, 0.3) is 0 Å². The molecule has 0 unspecified atom stereocenters. The van der Waals surface area contributed by atoms with Gasteiger partial charge in [-0.25, -0.2) is 4.79 Å². The molecule has 0 bridgehead atoms. The third-order valence-corrected chi connectivity index (χ3v) is 7.32. The highest BCUT2D eigenvalue weighted by atomic mass is 32.2. The molecule has 10 nitrogen and oxygen atoms in total. The molecule has 0 saturated carbocycles. The lowest BCUT2D eigenvalue weighted by Crippen LogP contribution is -2.33. The van der Waals surface area contributed by atoms with Crippen molar-refractivity contribution in [3.05, 3.63) is 40.3 Å². The Bertz CT molecular complexity index is 1160. The Morgan fingerprint density at radius 1 is 1.14 bits per heavy atom. The lowest BCUT2D eigenvalue weighted by molar-refractivity contribution is -0.138. The van der Waals surface area contributed by atoms with Gasteiger partial charge in [-0.15, -0.1) is 23.1 Å². The molecule has 2 aromatic rings. The second-order valence-electron chi connectivity index (χ2n) is 7.70. The standard InChI is InChI=1S/C23H25N3O7S2/c1-13(27)26-9-8-16-17(11-26)35-22(21(16)23(32)33-2)25-19(29)12-34-15-5-3-4-14(10-15)24-18(28)6-7-20(30)31/h3-5,10H,6-9,11-12H2,1-2H3,(H,24,28)(H,25,29)(H,30,31). The molecule has 1 aliphatic heterocycles. The molecule has 2 heterocycles. The number of ether oxygens (including phenoxy) is 1. The number of esters is 1. The Balaban J connectivity index is 1.64. The molecule has 1 aliphatic rings. The molecule has 0 radical (unpaired) electrons. The number of carboxylic acids is 1. The first kappa shape index (κ1) is 26.2. The zero-order valence-corrected chi connectivity index (χ0v) is 20.8. The Kier molecular flexibility index (Phi) is 8.88. The molecule has 3 N–H and O–H groups in total. The van der Waals surface area contributed by atoms with E-state index in [9.17, 15) is 24.0 Å². The third kappa shape index (κ3) is 7.06. The number of amides is 3. The first-order chi connectivity index (χ1) is 16.7. The molecule has 1 aromatic heterocycles. The van der Waals surface area contributed by atoms with Crippen LogP contribution in [-0.4, -0.2) is 59.1 Å². The van der Waals surface area contributed by atoms with Gasteiger partial charge >= 0.3 is 11.9 Å². The van der Waals surface area contributed by atoms with Crippen LogP contribution in [0.5, 0.6) is 0 Å². The van der Waals surface area contributed by atoms with Crippen molar-refractivity contribution < 1.29 is 33.8 Å². The first-order valence-corrected chi connectivity index (χ1v) is 12.5. The van der Waals surface area contributed by atoms with E-state index in [0.717, 1.165) is 15.3 Å². The van der Waals surface area contributed by atoms with Crippen LogP contribution in [0.25, 0.3) is 0 Å². The number of thiophene rings is 1. The van der Waals surface area contributed by atoms with Gasteiger partial charge in [-0.3, -0.25) is 19.2 Å². The number of nitrogens with zero attached hydrogens (tertiary/aromatic N) is 1. The minimum atomic E-state index is -1.05. The highest BCUT2D eigenvalue weighted by molar-refractivity contribution is 8.00. The average molecular weight is 520 g/mol. The summed E-state index contributed by atoms with van der Waals surface area (Å²) in [4.78, 5) is 62.6. The molecule has 3 amide bonds. The van der Waals surface area contributed by atoms with Gasteiger partial charge in [0.2, 0.25) is 17.7 Å². The van der Waals surface area contributed by atoms with Gasteiger partial charge in [0.05, 0.1) is 31.4 Å². The number of hydrogen-bond donors (Lipinski definition) is 3. The van der Waals surface area contributed by atoms with Crippen LogP contribution in [-0.2, 0) is 36.9 Å². The van der Waals surface area contributed by atoms with Gasteiger partial charge < -0.3 is 25.4 Å². The van der Waals surface area contributed by atoms with Crippen molar-refractivity contribution in [2.45, 2.75) is 37.6 Å². The summed E-state index contributed by atoms with van der Waals surface area (Å²) in [5.74, 6) is -2.31. The van der Waals surface area contributed by atoms with Crippen molar-refractivity contribution in [2.24, 2.45) is 0 Å². The summed E-state index contributed by atoms with van der Waals surface area (Å²) in [7, 11) is 1.28. The first-order valence-electron chi connectivity index (χ1n) is 10.7. The van der Waals surface area contributed by atoms with E-state index in [1.54, 1.807) is 29.2 Å². The number of hydrogen-bond acceptors (Lipinski definition) is 8. The van der Waals surface area contributed by atoms with Gasteiger partial charge in [-0.05, 0) is 30.2 Å². The van der Waals surface area contributed by atoms with E-state index < -0.39 is 17.8 Å². The van der Waals surface area contributed by atoms with Crippen LogP contribution in [0, 0.1) is 0 Å². The maximum absolute atomic E-state index is 12.7. The normalized spacial score (nSPS) is 12.5. The minimum absolute atomic E-state index is 0.0500. The predicted molar refractivity (Wildman–Crippen MR) is 132 cm³/mol. The van der Waals surface area contributed by atoms with Crippen molar-refractivity contribution in [3.8, 4) is 0 Å². The number of thioether (sulfide) groups is 1. The average Bonchev–Trinajstić information content (AvgIpc) is 3.18. The smallest absolute Gasteiger partial charge is 0.341 e. The highest BCUT2D eigenvalue weighted by Gasteiger charge is 2.30. The number of benzene rings is 1. The number of rotatable bonds is 9. The number of methoxy groups -OCH3 is 1. The number of fused-ring (bicyclic) bond motifs is 1. The topological polar surface area (TPSA) is 142 Å². The van der Waals surface area contributed by atoms with E-state index >= 15 is 0 Å². The lowest BCUT2D eigenvalue weighted by atomic mass is 10.0. The van der Waals surface area contributed by atoms with Crippen LogP contribution in [0.4, 0.5) is 10.7 Å². The second-order valence-corrected chi connectivity index (χ2v) is 9.85. The molecular formula is C23H25N3O7S2. The van der Waals surface area contributed by atoms with E-state index in [1.807, 2.05) is 0 Å². The van der Waals surface area contributed by atoms with Gasteiger partial charge in [0.1, 0.15) is 5.00 Å². The van der Waals surface area contributed by atoms with Crippen molar-refractivity contribution in [1.29, 1.82) is 0 Å². The molecule has 0 atom stereocenters. The number of nitrogens with one attached hydrogen (secondary N) is 2. The van der Waals surface area contributed by atoms with Gasteiger partial charge in [0.15, 0.2) is 0 Å². The Morgan fingerprint density at radius 3 is 2.60 bits per heavy atom. The van der Waals surface area contributed by atoms with E-state index in [0.29, 0.717) is 35.8 Å². The zero-order chi connectivity index (χ0) is 25.5. The maximum atomic E-state index is 12.7. The van der Waals surface area contributed by atoms with E-state index in [4.69, 9.17) is 9.84 Å². The monoisotopic (exact) mass is 519 g/mol. The SMILES string of the molecule is COC(=O)c1c(NC(=O)CSc2cccc(NC(=O)CCC(=O)O)c2)sc2c1CCN(C(C)=O)C2. The molecule has 3 rings (SSSR count). The quantitative estimate of drug-likeness (QED) is 0.339. The van der Waals surface area contributed by atoms with Crippen LogP contribution in [0.1, 0.15) is 40.6 Å². The Labute approximate surface area is 210 Å². The maximum Gasteiger partial charge on any atom is 0.341 e.